The fourth-order valence-corrected chi connectivity index (χ4v) is 1.54. The van der Waals surface area contributed by atoms with Gasteiger partial charge in [0, 0.05) is 10.0 Å². The average Bonchev–Trinajstić information content (AvgIpc) is 2.27. The highest BCUT2D eigenvalue weighted by Crippen LogP contribution is 2.11. The summed E-state index contributed by atoms with van der Waals surface area (Å²) < 4.78 is 5.32. The summed E-state index contributed by atoms with van der Waals surface area (Å²) in [5.74, 6) is -0.775. The number of carbonyl (C=O) groups excluding carboxylic acids is 2. The molecule has 0 heterocycles. The van der Waals surface area contributed by atoms with Crippen molar-refractivity contribution in [1.82, 2.24) is 5.32 Å². The summed E-state index contributed by atoms with van der Waals surface area (Å²) >= 11 is 3.27. The van der Waals surface area contributed by atoms with Gasteiger partial charge in [-0.1, -0.05) is 22.0 Å². The monoisotopic (exact) mass is 285 g/mol. The number of ether oxygens (including phenoxy) is 1. The molecule has 1 atom stereocenters. The second kappa shape index (κ2) is 5.65. The summed E-state index contributed by atoms with van der Waals surface area (Å²) in [6.45, 7) is 1.57. The molecule has 1 aromatic rings. The third-order valence-electron chi connectivity index (χ3n) is 1.99. The highest BCUT2D eigenvalue weighted by Gasteiger charge is 2.16. The van der Waals surface area contributed by atoms with E-state index in [1.165, 1.54) is 7.11 Å². The molecule has 0 aromatic heterocycles. The quantitative estimate of drug-likeness (QED) is 0.861. The van der Waals surface area contributed by atoms with Gasteiger partial charge in [-0.15, -0.1) is 0 Å². The number of halogens is 1. The largest absolute Gasteiger partial charge is 0.467 e. The van der Waals surface area contributed by atoms with Crippen molar-refractivity contribution in [2.24, 2.45) is 0 Å². The van der Waals surface area contributed by atoms with Crippen LogP contribution >= 0.6 is 15.9 Å². The van der Waals surface area contributed by atoms with E-state index in [9.17, 15) is 9.59 Å². The predicted octanol–water partition coefficient (Wildman–Crippen LogP) is 1.74. The highest BCUT2D eigenvalue weighted by atomic mass is 79.9. The molecule has 86 valence electrons. The molecule has 1 unspecified atom stereocenters. The molecule has 1 rings (SSSR count). The summed E-state index contributed by atoms with van der Waals surface area (Å²) in [4.78, 5) is 22.8. The summed E-state index contributed by atoms with van der Waals surface area (Å²) in [6, 6.07) is 6.27. The zero-order chi connectivity index (χ0) is 12.1. The molecule has 1 N–H and O–H groups in total. The van der Waals surface area contributed by atoms with Crippen molar-refractivity contribution in [3.8, 4) is 0 Å². The van der Waals surface area contributed by atoms with E-state index >= 15 is 0 Å². The van der Waals surface area contributed by atoms with Gasteiger partial charge in [0.25, 0.3) is 5.91 Å². The molecule has 0 saturated carbocycles. The first-order valence-corrected chi connectivity index (χ1v) is 5.48. The minimum atomic E-state index is -0.656. The van der Waals surface area contributed by atoms with Crippen molar-refractivity contribution in [1.29, 1.82) is 0 Å². The maximum absolute atomic E-state index is 11.7. The van der Waals surface area contributed by atoms with Gasteiger partial charge in [0.15, 0.2) is 0 Å². The van der Waals surface area contributed by atoms with E-state index in [4.69, 9.17) is 0 Å². The molecular weight excluding hydrogens is 274 g/mol. The lowest BCUT2D eigenvalue weighted by molar-refractivity contribution is -0.142. The van der Waals surface area contributed by atoms with E-state index in [1.807, 2.05) is 6.07 Å². The van der Waals surface area contributed by atoms with E-state index < -0.39 is 12.0 Å². The molecule has 1 aromatic carbocycles. The van der Waals surface area contributed by atoms with E-state index in [0.717, 1.165) is 4.47 Å². The molecule has 0 aliphatic carbocycles. The first kappa shape index (κ1) is 12.7. The number of rotatable bonds is 3. The summed E-state index contributed by atoms with van der Waals surface area (Å²) in [5, 5.41) is 2.54. The van der Waals surface area contributed by atoms with Gasteiger partial charge in [-0.2, -0.15) is 0 Å². The molecule has 0 radical (unpaired) electrons. The maximum Gasteiger partial charge on any atom is 0.328 e. The van der Waals surface area contributed by atoms with Gasteiger partial charge in [0.1, 0.15) is 6.04 Å². The van der Waals surface area contributed by atoms with Gasteiger partial charge in [-0.05, 0) is 25.1 Å². The number of methoxy groups -OCH3 is 1. The van der Waals surface area contributed by atoms with Crippen LogP contribution in [0.2, 0.25) is 0 Å². The number of amides is 1. The van der Waals surface area contributed by atoms with Crippen LogP contribution in [0.25, 0.3) is 0 Å². The molecule has 0 spiro atoms. The van der Waals surface area contributed by atoms with Crippen molar-refractivity contribution >= 4 is 27.8 Å². The van der Waals surface area contributed by atoms with Crippen LogP contribution in [0.3, 0.4) is 0 Å². The minimum absolute atomic E-state index is 0.306. The summed E-state index contributed by atoms with van der Waals surface area (Å²) in [5.41, 5.74) is 0.491. The van der Waals surface area contributed by atoms with Crippen LogP contribution in [0.1, 0.15) is 17.3 Å². The standard InChI is InChI=1S/C11H12BrNO3/c1-7(11(15)16-2)13-10(14)8-4-3-5-9(12)6-8/h3-7H,1-2H3,(H,13,14). The molecule has 4 nitrogen and oxygen atoms in total. The number of esters is 1. The Balaban J connectivity index is 2.69. The third-order valence-corrected chi connectivity index (χ3v) is 2.48. The van der Waals surface area contributed by atoms with Crippen molar-refractivity contribution in [2.45, 2.75) is 13.0 Å². The van der Waals surface area contributed by atoms with Crippen LogP contribution in [-0.4, -0.2) is 25.0 Å². The van der Waals surface area contributed by atoms with Crippen molar-refractivity contribution in [3.63, 3.8) is 0 Å². The Morgan fingerprint density at radius 2 is 2.12 bits per heavy atom. The van der Waals surface area contributed by atoms with Crippen LogP contribution in [0, 0.1) is 0 Å². The lowest BCUT2D eigenvalue weighted by atomic mass is 10.2. The number of nitrogens with one attached hydrogen (secondary N) is 1. The third kappa shape index (κ3) is 3.34. The fraction of sp³-hybridized carbons (Fsp3) is 0.273. The number of carbonyl (C=O) groups is 2. The Labute approximate surface area is 102 Å². The van der Waals surface area contributed by atoms with E-state index in [1.54, 1.807) is 25.1 Å². The lowest BCUT2D eigenvalue weighted by Gasteiger charge is -2.11. The molecule has 5 heteroatoms. The van der Waals surface area contributed by atoms with E-state index in [-0.39, 0.29) is 5.91 Å². The number of hydrogen-bond donors (Lipinski definition) is 1. The zero-order valence-electron chi connectivity index (χ0n) is 8.99. The predicted molar refractivity (Wildman–Crippen MR) is 63.1 cm³/mol. The Morgan fingerprint density at radius 3 is 2.69 bits per heavy atom. The molecule has 0 aliphatic rings. The molecule has 16 heavy (non-hydrogen) atoms. The average molecular weight is 286 g/mol. The van der Waals surface area contributed by atoms with Crippen molar-refractivity contribution in [2.75, 3.05) is 7.11 Å². The van der Waals surface area contributed by atoms with Crippen LogP contribution in [0.15, 0.2) is 28.7 Å². The fourth-order valence-electron chi connectivity index (χ4n) is 1.15. The highest BCUT2D eigenvalue weighted by molar-refractivity contribution is 9.10. The normalized spacial score (nSPS) is 11.7. The maximum atomic E-state index is 11.7. The molecule has 0 saturated heterocycles. The molecular formula is C11H12BrNO3. The summed E-state index contributed by atoms with van der Waals surface area (Å²) in [7, 11) is 1.28. The van der Waals surface area contributed by atoms with E-state index in [0.29, 0.717) is 5.56 Å². The second-order valence-corrected chi connectivity index (χ2v) is 4.14. The van der Waals surface area contributed by atoms with Gasteiger partial charge in [0.05, 0.1) is 7.11 Å². The van der Waals surface area contributed by atoms with Crippen LogP contribution in [0.5, 0.6) is 0 Å². The first-order chi connectivity index (χ1) is 7.54. The Kier molecular flexibility index (Phi) is 4.49. The van der Waals surface area contributed by atoms with Crippen LogP contribution in [-0.2, 0) is 9.53 Å². The number of benzene rings is 1. The Hall–Kier alpha value is -1.36. The van der Waals surface area contributed by atoms with Crippen molar-refractivity contribution in [3.05, 3.63) is 34.3 Å². The topological polar surface area (TPSA) is 55.4 Å². The lowest BCUT2D eigenvalue weighted by Crippen LogP contribution is -2.39. The van der Waals surface area contributed by atoms with Crippen molar-refractivity contribution < 1.29 is 14.3 Å². The van der Waals surface area contributed by atoms with Gasteiger partial charge in [-0.3, -0.25) is 4.79 Å². The molecule has 0 aliphatic heterocycles. The van der Waals surface area contributed by atoms with Gasteiger partial charge < -0.3 is 10.1 Å². The Bertz CT molecular complexity index is 406. The first-order valence-electron chi connectivity index (χ1n) is 4.69. The number of hydrogen-bond acceptors (Lipinski definition) is 3. The minimum Gasteiger partial charge on any atom is -0.467 e. The SMILES string of the molecule is COC(=O)C(C)NC(=O)c1cccc(Br)c1. The summed E-state index contributed by atoms with van der Waals surface area (Å²) in [6.07, 6.45) is 0. The van der Waals surface area contributed by atoms with Crippen LogP contribution in [0.4, 0.5) is 0 Å². The van der Waals surface area contributed by atoms with E-state index in [2.05, 4.69) is 26.0 Å². The molecule has 0 fully saturated rings. The van der Waals surface area contributed by atoms with Crippen LogP contribution < -0.4 is 5.32 Å². The zero-order valence-corrected chi connectivity index (χ0v) is 10.6. The molecule has 1 amide bonds. The van der Waals surface area contributed by atoms with Gasteiger partial charge >= 0.3 is 5.97 Å². The smallest absolute Gasteiger partial charge is 0.328 e. The van der Waals surface area contributed by atoms with Gasteiger partial charge in [-0.25, -0.2) is 4.79 Å². The Morgan fingerprint density at radius 1 is 1.44 bits per heavy atom. The second-order valence-electron chi connectivity index (χ2n) is 3.23. The van der Waals surface area contributed by atoms with Gasteiger partial charge in [0.2, 0.25) is 0 Å². The molecule has 0 bridgehead atoms.